The third-order valence-electron chi connectivity index (χ3n) is 4.21. The summed E-state index contributed by atoms with van der Waals surface area (Å²) < 4.78 is 2.29. The van der Waals surface area contributed by atoms with Crippen LogP contribution in [0.25, 0.3) is 10.9 Å². The zero-order valence-electron chi connectivity index (χ0n) is 11.0. The lowest BCUT2D eigenvalue weighted by atomic mass is 9.89. The molecule has 1 aliphatic heterocycles. The molecule has 1 aromatic carbocycles. The minimum absolute atomic E-state index is 0.626. The van der Waals surface area contributed by atoms with E-state index in [-0.39, 0.29) is 0 Å². The van der Waals surface area contributed by atoms with Gasteiger partial charge in [-0.3, -0.25) is 0 Å². The van der Waals surface area contributed by atoms with Crippen molar-refractivity contribution >= 4 is 22.5 Å². The first-order valence-corrected chi connectivity index (χ1v) is 7.01. The second kappa shape index (κ2) is 4.60. The number of hydrogen-bond acceptors (Lipinski definition) is 1. The molecule has 0 saturated carbocycles. The molecule has 3 rings (SSSR count). The van der Waals surface area contributed by atoms with Gasteiger partial charge in [0.2, 0.25) is 0 Å². The summed E-state index contributed by atoms with van der Waals surface area (Å²) in [4.78, 5) is 0. The number of nitrogens with one attached hydrogen (secondary N) is 1. The predicted molar refractivity (Wildman–Crippen MR) is 77.5 cm³/mol. The second-order valence-electron chi connectivity index (χ2n) is 5.26. The lowest BCUT2D eigenvalue weighted by Gasteiger charge is -2.23. The fraction of sp³-hybridized carbons (Fsp3) is 0.467. The topological polar surface area (TPSA) is 17.0 Å². The van der Waals surface area contributed by atoms with Gasteiger partial charge in [0.15, 0.2) is 0 Å². The summed E-state index contributed by atoms with van der Waals surface area (Å²) in [5, 5.41) is 5.67. The number of aromatic nitrogens is 1. The van der Waals surface area contributed by atoms with E-state index in [1.54, 1.807) is 0 Å². The number of fused-ring (bicyclic) bond motifs is 1. The van der Waals surface area contributed by atoms with Crippen LogP contribution >= 0.6 is 11.6 Å². The van der Waals surface area contributed by atoms with Crippen molar-refractivity contribution in [2.75, 3.05) is 13.1 Å². The maximum atomic E-state index is 6.17. The summed E-state index contributed by atoms with van der Waals surface area (Å²) in [7, 11) is 2.14. The molecule has 1 aliphatic rings. The first kappa shape index (κ1) is 12.1. The average molecular weight is 263 g/mol. The van der Waals surface area contributed by atoms with Crippen molar-refractivity contribution in [2.45, 2.75) is 25.7 Å². The van der Waals surface area contributed by atoms with Crippen LogP contribution in [0.2, 0.25) is 5.02 Å². The molecule has 0 radical (unpaired) electrons. The Morgan fingerprint density at radius 2 is 2.22 bits per heavy atom. The molecule has 0 aliphatic carbocycles. The Morgan fingerprint density at radius 1 is 1.39 bits per heavy atom. The van der Waals surface area contributed by atoms with Gasteiger partial charge in [0.05, 0.1) is 0 Å². The fourth-order valence-corrected chi connectivity index (χ4v) is 3.36. The molecule has 2 heterocycles. The summed E-state index contributed by atoms with van der Waals surface area (Å²) in [6, 6.07) is 6.23. The minimum atomic E-state index is 0.626. The zero-order valence-corrected chi connectivity index (χ0v) is 11.7. The Balaban J connectivity index is 2.20. The van der Waals surface area contributed by atoms with Crippen molar-refractivity contribution in [1.82, 2.24) is 9.88 Å². The summed E-state index contributed by atoms with van der Waals surface area (Å²) in [6.45, 7) is 4.46. The number of piperidine rings is 1. The number of hydrogen-bond donors (Lipinski definition) is 1. The maximum absolute atomic E-state index is 6.17. The Hall–Kier alpha value is -0.990. The lowest BCUT2D eigenvalue weighted by Crippen LogP contribution is -2.28. The molecule has 2 aromatic rings. The Morgan fingerprint density at radius 3 is 2.94 bits per heavy atom. The Bertz CT molecular complexity index is 580. The molecule has 96 valence electrons. The van der Waals surface area contributed by atoms with Gasteiger partial charge in [-0.25, -0.2) is 0 Å². The SMILES string of the molecule is Cc1c(C2CCCNC2)c2cc(Cl)ccc2n1C. The van der Waals surface area contributed by atoms with Gasteiger partial charge in [0.1, 0.15) is 0 Å². The van der Waals surface area contributed by atoms with Crippen LogP contribution in [0.4, 0.5) is 0 Å². The van der Waals surface area contributed by atoms with E-state index in [2.05, 4.69) is 36.0 Å². The number of benzene rings is 1. The van der Waals surface area contributed by atoms with Gasteiger partial charge in [0, 0.05) is 35.2 Å². The predicted octanol–water partition coefficient (Wildman–Crippen LogP) is 3.61. The summed E-state index contributed by atoms with van der Waals surface area (Å²) >= 11 is 6.17. The van der Waals surface area contributed by atoms with Crippen LogP contribution in [-0.4, -0.2) is 17.7 Å². The van der Waals surface area contributed by atoms with E-state index in [4.69, 9.17) is 11.6 Å². The van der Waals surface area contributed by atoms with Crippen molar-refractivity contribution in [3.8, 4) is 0 Å². The van der Waals surface area contributed by atoms with E-state index >= 15 is 0 Å². The van der Waals surface area contributed by atoms with Crippen molar-refractivity contribution in [3.05, 3.63) is 34.5 Å². The normalized spacial score (nSPS) is 20.5. The second-order valence-corrected chi connectivity index (χ2v) is 5.70. The first-order chi connectivity index (χ1) is 8.68. The van der Waals surface area contributed by atoms with Crippen LogP contribution in [-0.2, 0) is 7.05 Å². The Kier molecular flexibility index (Phi) is 3.08. The molecule has 2 nitrogen and oxygen atoms in total. The van der Waals surface area contributed by atoms with Gasteiger partial charge in [-0.15, -0.1) is 0 Å². The molecule has 1 N–H and O–H groups in total. The number of halogens is 1. The third-order valence-corrected chi connectivity index (χ3v) is 4.44. The Labute approximate surface area is 113 Å². The molecule has 1 aromatic heterocycles. The van der Waals surface area contributed by atoms with E-state index in [0.717, 1.165) is 18.1 Å². The van der Waals surface area contributed by atoms with Crippen LogP contribution in [0, 0.1) is 6.92 Å². The maximum Gasteiger partial charge on any atom is 0.0483 e. The van der Waals surface area contributed by atoms with Crippen LogP contribution in [0.3, 0.4) is 0 Å². The molecule has 18 heavy (non-hydrogen) atoms. The molecule has 1 saturated heterocycles. The molecule has 3 heteroatoms. The summed E-state index contributed by atoms with van der Waals surface area (Å²) in [5.74, 6) is 0.626. The van der Waals surface area contributed by atoms with Crippen LogP contribution in [0.15, 0.2) is 18.2 Å². The van der Waals surface area contributed by atoms with Crippen molar-refractivity contribution in [2.24, 2.45) is 7.05 Å². The monoisotopic (exact) mass is 262 g/mol. The van der Waals surface area contributed by atoms with Gasteiger partial charge in [0.25, 0.3) is 0 Å². The molecule has 0 bridgehead atoms. The molecule has 0 amide bonds. The zero-order chi connectivity index (χ0) is 12.7. The molecular formula is C15H19ClN2. The van der Waals surface area contributed by atoms with Gasteiger partial charge in [-0.2, -0.15) is 0 Å². The number of aryl methyl sites for hydroxylation is 1. The van der Waals surface area contributed by atoms with Crippen LogP contribution in [0.5, 0.6) is 0 Å². The summed E-state index contributed by atoms with van der Waals surface area (Å²) in [5.41, 5.74) is 4.15. The van der Waals surface area contributed by atoms with Crippen molar-refractivity contribution in [1.29, 1.82) is 0 Å². The smallest absolute Gasteiger partial charge is 0.0483 e. The quantitative estimate of drug-likeness (QED) is 0.831. The largest absolute Gasteiger partial charge is 0.348 e. The highest BCUT2D eigenvalue weighted by molar-refractivity contribution is 6.31. The molecule has 1 fully saturated rings. The van der Waals surface area contributed by atoms with E-state index in [1.807, 2.05) is 6.07 Å². The third kappa shape index (κ3) is 1.84. The fourth-order valence-electron chi connectivity index (χ4n) is 3.19. The van der Waals surface area contributed by atoms with E-state index < -0.39 is 0 Å². The van der Waals surface area contributed by atoms with Gasteiger partial charge < -0.3 is 9.88 Å². The lowest BCUT2D eigenvalue weighted by molar-refractivity contribution is 0.461. The van der Waals surface area contributed by atoms with Crippen LogP contribution < -0.4 is 5.32 Å². The van der Waals surface area contributed by atoms with E-state index in [9.17, 15) is 0 Å². The highest BCUT2D eigenvalue weighted by Gasteiger charge is 2.22. The standard InChI is InChI=1S/C15H19ClN2/c1-10-15(11-4-3-7-17-9-11)13-8-12(16)5-6-14(13)18(10)2/h5-6,8,11,17H,3-4,7,9H2,1-2H3. The van der Waals surface area contributed by atoms with Gasteiger partial charge in [-0.1, -0.05) is 11.6 Å². The minimum Gasteiger partial charge on any atom is -0.348 e. The average Bonchev–Trinajstić information content (AvgIpc) is 2.63. The number of rotatable bonds is 1. The van der Waals surface area contributed by atoms with Crippen molar-refractivity contribution < 1.29 is 0 Å². The molecule has 1 unspecified atom stereocenters. The molecule has 1 atom stereocenters. The van der Waals surface area contributed by atoms with Gasteiger partial charge >= 0.3 is 0 Å². The first-order valence-electron chi connectivity index (χ1n) is 6.63. The highest BCUT2D eigenvalue weighted by atomic mass is 35.5. The molecular weight excluding hydrogens is 244 g/mol. The van der Waals surface area contributed by atoms with Crippen molar-refractivity contribution in [3.63, 3.8) is 0 Å². The van der Waals surface area contributed by atoms with Crippen LogP contribution in [0.1, 0.15) is 30.0 Å². The number of nitrogens with zero attached hydrogens (tertiary/aromatic N) is 1. The highest BCUT2D eigenvalue weighted by Crippen LogP contribution is 2.35. The van der Waals surface area contributed by atoms with E-state index in [0.29, 0.717) is 5.92 Å². The van der Waals surface area contributed by atoms with E-state index in [1.165, 1.54) is 35.0 Å². The van der Waals surface area contributed by atoms with Gasteiger partial charge in [-0.05, 0) is 56.0 Å². The summed E-state index contributed by atoms with van der Waals surface area (Å²) in [6.07, 6.45) is 2.54. The molecule has 0 spiro atoms.